The number of hydrogen-bond donors (Lipinski definition) is 2. The van der Waals surface area contributed by atoms with E-state index < -0.39 is 0 Å². The van der Waals surface area contributed by atoms with Gasteiger partial charge in [0.15, 0.2) is 0 Å². The summed E-state index contributed by atoms with van der Waals surface area (Å²) in [5.41, 5.74) is 2.64. The molecule has 1 aromatic carbocycles. The minimum absolute atomic E-state index is 0.158. The molecular weight excluding hydrogens is 379 g/mol. The van der Waals surface area contributed by atoms with E-state index in [2.05, 4.69) is 27.5 Å². The molecule has 2 aromatic rings. The van der Waals surface area contributed by atoms with E-state index in [0.717, 1.165) is 37.8 Å². The molecule has 158 valence electrons. The van der Waals surface area contributed by atoms with Gasteiger partial charge >= 0.3 is 0 Å². The molecule has 4 atom stereocenters. The zero-order chi connectivity index (χ0) is 19.9. The molecule has 0 spiro atoms. The number of rotatable bonds is 9. The summed E-state index contributed by atoms with van der Waals surface area (Å²) in [7, 11) is 0. The summed E-state index contributed by atoms with van der Waals surface area (Å²) in [5, 5.41) is 12.1. The van der Waals surface area contributed by atoms with Crippen LogP contribution >= 0.6 is 11.3 Å². The van der Waals surface area contributed by atoms with Crippen LogP contribution in [0.3, 0.4) is 0 Å². The highest BCUT2D eigenvalue weighted by Gasteiger charge is 2.32. The van der Waals surface area contributed by atoms with Crippen molar-refractivity contribution in [3.05, 3.63) is 58.0 Å². The molecule has 4 heteroatoms. The third-order valence-electron chi connectivity index (χ3n) is 6.97. The van der Waals surface area contributed by atoms with E-state index in [-0.39, 0.29) is 5.82 Å². The van der Waals surface area contributed by atoms with E-state index in [1.807, 2.05) is 12.1 Å². The molecule has 29 heavy (non-hydrogen) atoms. The normalized spacial score (nSPS) is 25.5. The lowest BCUT2D eigenvalue weighted by molar-refractivity contribution is 0.138. The fraction of sp³-hybridized carbons (Fsp3) is 0.600. The van der Waals surface area contributed by atoms with Crippen LogP contribution in [0.1, 0.15) is 56.1 Å². The first-order chi connectivity index (χ1) is 14.3. The van der Waals surface area contributed by atoms with E-state index in [9.17, 15) is 4.39 Å². The van der Waals surface area contributed by atoms with E-state index in [1.165, 1.54) is 56.1 Å². The van der Waals surface area contributed by atoms with Gasteiger partial charge in [0.1, 0.15) is 5.82 Å². The van der Waals surface area contributed by atoms with Gasteiger partial charge < -0.3 is 10.6 Å². The average Bonchev–Trinajstić information content (AvgIpc) is 3.25. The summed E-state index contributed by atoms with van der Waals surface area (Å²) in [6.07, 6.45) is 12.0. The summed E-state index contributed by atoms with van der Waals surface area (Å²) < 4.78 is 13.1. The molecule has 0 radical (unpaired) electrons. The number of hydrogen-bond acceptors (Lipinski definition) is 3. The van der Waals surface area contributed by atoms with Crippen molar-refractivity contribution in [3.8, 4) is 0 Å². The number of fused-ring (bicyclic) bond motifs is 1. The van der Waals surface area contributed by atoms with Crippen molar-refractivity contribution in [1.29, 1.82) is 0 Å². The molecule has 0 bridgehead atoms. The van der Waals surface area contributed by atoms with Crippen molar-refractivity contribution < 1.29 is 4.39 Å². The molecular formula is C25H35FN2S. The van der Waals surface area contributed by atoms with Crippen LogP contribution in [0.15, 0.2) is 41.1 Å². The van der Waals surface area contributed by atoms with Crippen LogP contribution in [0.5, 0.6) is 0 Å². The Morgan fingerprint density at radius 3 is 2.59 bits per heavy atom. The summed E-state index contributed by atoms with van der Waals surface area (Å²) in [6, 6.07) is 10.3. The largest absolute Gasteiger partial charge is 0.315 e. The average molecular weight is 415 g/mol. The van der Waals surface area contributed by atoms with Gasteiger partial charge in [0, 0.05) is 18.6 Å². The molecule has 0 aliphatic heterocycles. The van der Waals surface area contributed by atoms with Gasteiger partial charge in [-0.15, -0.1) is 0 Å². The number of thiophene rings is 1. The van der Waals surface area contributed by atoms with Gasteiger partial charge in [-0.1, -0.05) is 37.8 Å². The van der Waals surface area contributed by atoms with Crippen molar-refractivity contribution in [1.82, 2.24) is 10.6 Å². The second kappa shape index (κ2) is 10.7. The lowest BCUT2D eigenvalue weighted by atomic mass is 9.69. The molecule has 0 amide bonds. The van der Waals surface area contributed by atoms with Gasteiger partial charge in [0.2, 0.25) is 0 Å². The van der Waals surface area contributed by atoms with E-state index in [0.29, 0.717) is 12.1 Å². The van der Waals surface area contributed by atoms with Crippen molar-refractivity contribution >= 4 is 11.3 Å². The fourth-order valence-corrected chi connectivity index (χ4v) is 6.08. The smallest absolute Gasteiger partial charge is 0.123 e. The maximum Gasteiger partial charge on any atom is 0.123 e. The van der Waals surface area contributed by atoms with E-state index in [1.54, 1.807) is 23.5 Å². The SMILES string of the molecule is Fc1ccc(CCNCC(Cc2ccsc2)NC2CCC3CCCCC3C2)cc1. The van der Waals surface area contributed by atoms with Crippen LogP contribution in [0.4, 0.5) is 4.39 Å². The molecule has 2 saturated carbocycles. The Balaban J connectivity index is 1.27. The maximum atomic E-state index is 13.1. The molecule has 1 heterocycles. The van der Waals surface area contributed by atoms with Crippen LogP contribution in [-0.2, 0) is 12.8 Å². The topological polar surface area (TPSA) is 24.1 Å². The first kappa shape index (κ1) is 21.0. The highest BCUT2D eigenvalue weighted by molar-refractivity contribution is 7.07. The Labute approximate surface area is 179 Å². The van der Waals surface area contributed by atoms with E-state index >= 15 is 0 Å². The molecule has 2 aliphatic carbocycles. The summed E-state index contributed by atoms with van der Waals surface area (Å²) >= 11 is 1.79. The first-order valence-corrected chi connectivity index (χ1v) is 12.4. The van der Waals surface area contributed by atoms with Crippen molar-refractivity contribution in [2.45, 2.75) is 69.9 Å². The number of halogens is 1. The minimum Gasteiger partial charge on any atom is -0.315 e. The lowest BCUT2D eigenvalue weighted by Gasteiger charge is -2.40. The van der Waals surface area contributed by atoms with Crippen molar-refractivity contribution in [3.63, 3.8) is 0 Å². The fourth-order valence-electron chi connectivity index (χ4n) is 5.40. The molecule has 2 fully saturated rings. The van der Waals surface area contributed by atoms with Gasteiger partial charge in [-0.3, -0.25) is 0 Å². The zero-order valence-electron chi connectivity index (χ0n) is 17.4. The Bertz CT molecular complexity index is 715. The molecule has 0 saturated heterocycles. The van der Waals surface area contributed by atoms with Crippen LogP contribution < -0.4 is 10.6 Å². The number of benzene rings is 1. The Kier molecular flexibility index (Phi) is 7.75. The monoisotopic (exact) mass is 414 g/mol. The highest BCUT2D eigenvalue weighted by Crippen LogP contribution is 2.40. The standard InChI is InChI=1S/C25H35FN2S/c26-23-8-5-19(6-9-23)11-13-27-17-25(15-20-12-14-29-18-20)28-24-10-7-21-3-1-2-4-22(21)16-24/h5-6,8-9,12,14,18,21-22,24-25,27-28H,1-4,7,10-11,13,15-17H2. The Morgan fingerprint density at radius 1 is 0.966 bits per heavy atom. The quantitative estimate of drug-likeness (QED) is 0.524. The van der Waals surface area contributed by atoms with Crippen LogP contribution in [0, 0.1) is 17.7 Å². The van der Waals surface area contributed by atoms with Gasteiger partial charge in [-0.05, 0) is 90.6 Å². The molecule has 1 aromatic heterocycles. The van der Waals surface area contributed by atoms with Gasteiger partial charge in [0.05, 0.1) is 0 Å². The first-order valence-electron chi connectivity index (χ1n) is 11.5. The molecule has 4 rings (SSSR count). The lowest BCUT2D eigenvalue weighted by Crippen LogP contribution is -2.48. The van der Waals surface area contributed by atoms with Crippen molar-refractivity contribution in [2.75, 3.05) is 13.1 Å². The highest BCUT2D eigenvalue weighted by atomic mass is 32.1. The minimum atomic E-state index is -0.158. The van der Waals surface area contributed by atoms with E-state index in [4.69, 9.17) is 0 Å². The summed E-state index contributed by atoms with van der Waals surface area (Å²) in [5.74, 6) is 1.81. The molecule has 2 aliphatic rings. The van der Waals surface area contributed by atoms with Crippen LogP contribution in [0.2, 0.25) is 0 Å². The molecule has 2 N–H and O–H groups in total. The second-order valence-corrected chi connectivity index (χ2v) is 9.87. The van der Waals surface area contributed by atoms with Gasteiger partial charge in [-0.25, -0.2) is 4.39 Å². The van der Waals surface area contributed by atoms with Gasteiger partial charge in [0.25, 0.3) is 0 Å². The van der Waals surface area contributed by atoms with Crippen LogP contribution in [-0.4, -0.2) is 25.2 Å². The second-order valence-electron chi connectivity index (χ2n) is 9.09. The molecule has 2 nitrogen and oxygen atoms in total. The zero-order valence-corrected chi connectivity index (χ0v) is 18.2. The Hall–Kier alpha value is -1.23. The van der Waals surface area contributed by atoms with Gasteiger partial charge in [-0.2, -0.15) is 11.3 Å². The Morgan fingerprint density at radius 2 is 1.79 bits per heavy atom. The van der Waals surface area contributed by atoms with Crippen LogP contribution in [0.25, 0.3) is 0 Å². The maximum absolute atomic E-state index is 13.1. The predicted octanol–water partition coefficient (Wildman–Crippen LogP) is 5.58. The summed E-state index contributed by atoms with van der Waals surface area (Å²) in [6.45, 7) is 1.92. The summed E-state index contributed by atoms with van der Waals surface area (Å²) in [4.78, 5) is 0. The third kappa shape index (κ3) is 6.37. The third-order valence-corrected chi connectivity index (χ3v) is 7.70. The number of nitrogens with one attached hydrogen (secondary N) is 2. The van der Waals surface area contributed by atoms with Crippen molar-refractivity contribution in [2.24, 2.45) is 11.8 Å². The predicted molar refractivity (Wildman–Crippen MR) is 121 cm³/mol. The molecule has 4 unspecified atom stereocenters.